The Morgan fingerprint density at radius 3 is 2.43 bits per heavy atom. The molecule has 148 valence electrons. The van der Waals surface area contributed by atoms with Gasteiger partial charge in [0, 0.05) is 0 Å². The van der Waals surface area contributed by atoms with Crippen LogP contribution in [0.1, 0.15) is 25.3 Å². The summed E-state index contributed by atoms with van der Waals surface area (Å²) >= 11 is 1.19. The number of nitrogens with two attached hydrogens (primary N) is 1. The third-order valence-electron chi connectivity index (χ3n) is 4.51. The Kier molecular flexibility index (Phi) is 5.37. The van der Waals surface area contributed by atoms with Crippen LogP contribution in [0, 0.1) is 0 Å². The molecule has 1 aromatic carbocycles. The first-order valence-electron chi connectivity index (χ1n) is 8.60. The van der Waals surface area contributed by atoms with Gasteiger partial charge in [0.2, 0.25) is 5.91 Å². The summed E-state index contributed by atoms with van der Waals surface area (Å²) in [5.74, 6) is -2.68. The minimum Gasteiger partial charge on any atom is -0.508 e. The molecule has 8 nitrogen and oxygen atoms in total. The van der Waals surface area contributed by atoms with Crippen molar-refractivity contribution in [3.05, 3.63) is 51.8 Å². The van der Waals surface area contributed by atoms with Crippen LogP contribution >= 0.6 is 11.8 Å². The predicted molar refractivity (Wildman–Crippen MR) is 102 cm³/mol. The van der Waals surface area contributed by atoms with Gasteiger partial charge in [-0.15, -0.1) is 0 Å². The van der Waals surface area contributed by atoms with E-state index < -0.39 is 23.1 Å². The number of fused-ring (bicyclic) bond motifs is 1. The van der Waals surface area contributed by atoms with Gasteiger partial charge in [-0.25, -0.2) is 9.59 Å². The molecule has 1 fully saturated rings. The Labute approximate surface area is 166 Å². The van der Waals surface area contributed by atoms with Crippen molar-refractivity contribution in [1.82, 2.24) is 4.90 Å². The number of ether oxygens (including phenoxy) is 2. The molecule has 0 saturated carbocycles. The van der Waals surface area contributed by atoms with Crippen LogP contribution in [0.25, 0.3) is 0 Å². The lowest BCUT2D eigenvalue weighted by Crippen LogP contribution is -2.40. The monoisotopic (exact) mass is 404 g/mol. The standard InChI is InChI=1S/C19H20N2O6S/c1-4-27-19(25)14-12(10-5-7-11(22)8-6-10)13(18(24)26-3)15(20)21-16(23)9(2)28-17(14)21/h5-9,12,22H,4,20H2,1-3H3. The van der Waals surface area contributed by atoms with Crippen molar-refractivity contribution in [2.45, 2.75) is 25.0 Å². The summed E-state index contributed by atoms with van der Waals surface area (Å²) in [6.07, 6.45) is 0. The first-order valence-corrected chi connectivity index (χ1v) is 9.48. The minimum atomic E-state index is -0.899. The fraction of sp³-hybridized carbons (Fsp3) is 0.316. The zero-order chi connectivity index (χ0) is 20.6. The first kappa shape index (κ1) is 19.8. The quantitative estimate of drug-likeness (QED) is 0.726. The lowest BCUT2D eigenvalue weighted by molar-refractivity contribution is -0.139. The molecule has 0 bridgehead atoms. The number of amides is 1. The van der Waals surface area contributed by atoms with E-state index in [9.17, 15) is 19.5 Å². The highest BCUT2D eigenvalue weighted by molar-refractivity contribution is 8.04. The summed E-state index contributed by atoms with van der Waals surface area (Å²) in [5.41, 5.74) is 6.87. The van der Waals surface area contributed by atoms with Gasteiger partial charge >= 0.3 is 11.9 Å². The number of benzene rings is 1. The second-order valence-electron chi connectivity index (χ2n) is 6.19. The van der Waals surface area contributed by atoms with Crippen molar-refractivity contribution >= 4 is 29.6 Å². The van der Waals surface area contributed by atoms with Crippen LogP contribution in [0.4, 0.5) is 0 Å². The number of aromatic hydroxyl groups is 1. The average Bonchev–Trinajstić information content (AvgIpc) is 2.96. The largest absolute Gasteiger partial charge is 0.508 e. The van der Waals surface area contributed by atoms with Crippen LogP contribution in [0.3, 0.4) is 0 Å². The zero-order valence-corrected chi connectivity index (χ0v) is 16.4. The molecule has 0 aromatic heterocycles. The molecule has 2 aliphatic heterocycles. The van der Waals surface area contributed by atoms with Crippen molar-refractivity contribution in [1.29, 1.82) is 0 Å². The maximum absolute atomic E-state index is 12.9. The number of carbonyl (C=O) groups excluding carboxylic acids is 3. The van der Waals surface area contributed by atoms with Gasteiger partial charge in [-0.3, -0.25) is 9.69 Å². The summed E-state index contributed by atoms with van der Waals surface area (Å²) in [6.45, 7) is 3.49. The van der Waals surface area contributed by atoms with Gasteiger partial charge in [-0.1, -0.05) is 23.9 Å². The SMILES string of the molecule is CCOC(=O)C1=C2SC(C)C(=O)N2C(N)=C(C(=O)OC)C1c1ccc(O)cc1. The van der Waals surface area contributed by atoms with Gasteiger partial charge in [0.15, 0.2) is 0 Å². The third-order valence-corrected chi connectivity index (χ3v) is 5.69. The number of nitrogens with zero attached hydrogens (tertiary/aromatic N) is 1. The number of thioether (sulfide) groups is 1. The average molecular weight is 404 g/mol. The van der Waals surface area contributed by atoms with Crippen LogP contribution in [0.5, 0.6) is 5.75 Å². The van der Waals surface area contributed by atoms with Crippen LogP contribution in [0.2, 0.25) is 0 Å². The van der Waals surface area contributed by atoms with Crippen LogP contribution in [0.15, 0.2) is 46.3 Å². The molecular formula is C19H20N2O6S. The van der Waals surface area contributed by atoms with Gasteiger partial charge in [0.05, 0.1) is 41.1 Å². The van der Waals surface area contributed by atoms with Crippen LogP contribution < -0.4 is 5.73 Å². The summed E-state index contributed by atoms with van der Waals surface area (Å²) < 4.78 is 10.1. The molecule has 1 aromatic rings. The highest BCUT2D eigenvalue weighted by Gasteiger charge is 2.48. The molecule has 9 heteroatoms. The lowest BCUT2D eigenvalue weighted by atomic mass is 9.82. The van der Waals surface area contributed by atoms with Crippen LogP contribution in [-0.4, -0.2) is 46.8 Å². The summed E-state index contributed by atoms with van der Waals surface area (Å²) in [6, 6.07) is 6.04. The number of methoxy groups -OCH3 is 1. The molecule has 3 N–H and O–H groups in total. The Bertz CT molecular complexity index is 906. The highest BCUT2D eigenvalue weighted by Crippen LogP contribution is 2.49. The Hall–Kier alpha value is -2.94. The molecule has 2 aliphatic rings. The van der Waals surface area contributed by atoms with Gasteiger partial charge < -0.3 is 20.3 Å². The van der Waals surface area contributed by atoms with E-state index in [0.29, 0.717) is 10.6 Å². The number of phenols is 1. The van der Waals surface area contributed by atoms with E-state index in [1.54, 1.807) is 26.0 Å². The van der Waals surface area contributed by atoms with Crippen molar-refractivity contribution in [2.75, 3.05) is 13.7 Å². The van der Waals surface area contributed by atoms with Crippen molar-refractivity contribution in [3.63, 3.8) is 0 Å². The molecule has 1 amide bonds. The Morgan fingerprint density at radius 2 is 1.86 bits per heavy atom. The molecule has 2 atom stereocenters. The Balaban J connectivity index is 2.30. The van der Waals surface area contributed by atoms with E-state index >= 15 is 0 Å². The molecule has 3 rings (SSSR count). The van der Waals surface area contributed by atoms with Crippen molar-refractivity contribution < 1.29 is 29.0 Å². The van der Waals surface area contributed by atoms with Gasteiger partial charge in [0.1, 0.15) is 11.6 Å². The maximum atomic E-state index is 12.9. The van der Waals surface area contributed by atoms with E-state index in [-0.39, 0.29) is 35.2 Å². The van der Waals surface area contributed by atoms with E-state index in [2.05, 4.69) is 0 Å². The maximum Gasteiger partial charge on any atom is 0.338 e. The van der Waals surface area contributed by atoms with E-state index in [0.717, 1.165) is 0 Å². The van der Waals surface area contributed by atoms with Gasteiger partial charge in [-0.05, 0) is 31.5 Å². The summed E-state index contributed by atoms with van der Waals surface area (Å²) in [5, 5.41) is 9.49. The zero-order valence-electron chi connectivity index (χ0n) is 15.6. The van der Waals surface area contributed by atoms with E-state index in [1.165, 1.54) is 35.9 Å². The number of esters is 2. The number of rotatable bonds is 4. The molecule has 1 saturated heterocycles. The minimum absolute atomic E-state index is 0.0250. The van der Waals surface area contributed by atoms with Gasteiger partial charge in [-0.2, -0.15) is 0 Å². The van der Waals surface area contributed by atoms with E-state index in [4.69, 9.17) is 15.2 Å². The Morgan fingerprint density at radius 1 is 1.21 bits per heavy atom. The number of hydrogen-bond donors (Lipinski definition) is 2. The predicted octanol–water partition coefficient (Wildman–Crippen LogP) is 1.57. The van der Waals surface area contributed by atoms with Crippen molar-refractivity contribution in [3.8, 4) is 5.75 Å². The first-order chi connectivity index (χ1) is 13.3. The van der Waals surface area contributed by atoms with Crippen molar-refractivity contribution in [2.24, 2.45) is 5.73 Å². The third kappa shape index (κ3) is 3.11. The summed E-state index contributed by atoms with van der Waals surface area (Å²) in [4.78, 5) is 39.3. The summed E-state index contributed by atoms with van der Waals surface area (Å²) in [7, 11) is 1.20. The molecule has 2 heterocycles. The second kappa shape index (κ2) is 7.59. The fourth-order valence-corrected chi connectivity index (χ4v) is 4.41. The molecular weight excluding hydrogens is 384 g/mol. The smallest absolute Gasteiger partial charge is 0.338 e. The number of carbonyl (C=O) groups is 3. The molecule has 2 unspecified atom stereocenters. The topological polar surface area (TPSA) is 119 Å². The molecule has 0 radical (unpaired) electrons. The number of phenolic OH excluding ortho intramolecular Hbond substituents is 1. The normalized spacial score (nSPS) is 21.7. The lowest BCUT2D eigenvalue weighted by Gasteiger charge is -2.33. The van der Waals surface area contributed by atoms with E-state index in [1.807, 2.05) is 0 Å². The molecule has 28 heavy (non-hydrogen) atoms. The second-order valence-corrected chi connectivity index (χ2v) is 7.52. The molecule has 0 aliphatic carbocycles. The fourth-order valence-electron chi connectivity index (χ4n) is 3.25. The van der Waals surface area contributed by atoms with Crippen LogP contribution in [-0.2, 0) is 23.9 Å². The number of hydrogen-bond acceptors (Lipinski definition) is 8. The van der Waals surface area contributed by atoms with Gasteiger partial charge in [0.25, 0.3) is 0 Å². The molecule has 0 spiro atoms. The highest BCUT2D eigenvalue weighted by atomic mass is 32.2.